The van der Waals surface area contributed by atoms with Crippen LogP contribution in [0.3, 0.4) is 0 Å². The van der Waals surface area contributed by atoms with Gasteiger partial charge < -0.3 is 9.47 Å². The van der Waals surface area contributed by atoms with Gasteiger partial charge in [-0.1, -0.05) is 17.7 Å². The molecule has 23 heavy (non-hydrogen) atoms. The highest BCUT2D eigenvalue weighted by molar-refractivity contribution is 9.13. The van der Waals surface area contributed by atoms with Gasteiger partial charge in [-0.05, 0) is 79.7 Å². The molecule has 0 amide bonds. The summed E-state index contributed by atoms with van der Waals surface area (Å²) in [5.74, 6) is 2.23. The van der Waals surface area contributed by atoms with E-state index in [0.717, 1.165) is 25.3 Å². The molecule has 0 spiro atoms. The van der Waals surface area contributed by atoms with E-state index in [4.69, 9.17) is 21.1 Å². The first-order chi connectivity index (χ1) is 11.1. The molecule has 2 aromatic carbocycles. The highest BCUT2D eigenvalue weighted by Gasteiger charge is 2.07. The molecule has 6 heteroatoms. The molecule has 0 bridgehead atoms. The third kappa shape index (κ3) is 4.51. The molecule has 0 aliphatic carbocycles. The third-order valence-electron chi connectivity index (χ3n) is 3.01. The second kappa shape index (κ2) is 7.71. The van der Waals surface area contributed by atoms with Crippen LogP contribution in [0.5, 0.6) is 17.2 Å². The topological polar surface area (TPSA) is 18.5 Å². The summed E-state index contributed by atoms with van der Waals surface area (Å²) in [7, 11) is 0. The van der Waals surface area contributed by atoms with E-state index in [0.29, 0.717) is 17.4 Å². The van der Waals surface area contributed by atoms with Crippen molar-refractivity contribution in [2.24, 2.45) is 0 Å². The summed E-state index contributed by atoms with van der Waals surface area (Å²) >= 11 is 14.6. The molecule has 0 aliphatic rings. The van der Waals surface area contributed by atoms with Crippen molar-refractivity contribution in [1.82, 2.24) is 0 Å². The fourth-order valence-corrected chi connectivity index (χ4v) is 3.92. The van der Waals surface area contributed by atoms with Gasteiger partial charge in [0.1, 0.15) is 23.9 Å². The van der Waals surface area contributed by atoms with Gasteiger partial charge in [0, 0.05) is 15.1 Å². The lowest BCUT2D eigenvalue weighted by Gasteiger charge is -2.08. The number of rotatable bonds is 5. The predicted molar refractivity (Wildman–Crippen MR) is 102 cm³/mol. The molecule has 0 radical (unpaired) electrons. The molecule has 0 aliphatic heterocycles. The predicted octanol–water partition coefficient (Wildman–Crippen LogP) is 7.30. The molecule has 0 saturated carbocycles. The Morgan fingerprint density at radius 3 is 2.35 bits per heavy atom. The first-order valence-electron chi connectivity index (χ1n) is 6.69. The second-order valence-electron chi connectivity index (χ2n) is 4.67. The summed E-state index contributed by atoms with van der Waals surface area (Å²) in [5.41, 5.74) is 1.11. The summed E-state index contributed by atoms with van der Waals surface area (Å²) in [6.45, 7) is 0.511. The van der Waals surface area contributed by atoms with Crippen LogP contribution in [0.25, 0.3) is 0 Å². The van der Waals surface area contributed by atoms with Crippen LogP contribution in [0.15, 0.2) is 62.2 Å². The minimum absolute atomic E-state index is 0.511. The van der Waals surface area contributed by atoms with E-state index in [-0.39, 0.29) is 0 Å². The van der Waals surface area contributed by atoms with Gasteiger partial charge in [-0.15, -0.1) is 11.3 Å². The van der Waals surface area contributed by atoms with Gasteiger partial charge in [0.05, 0.1) is 3.79 Å². The maximum absolute atomic E-state index is 5.94. The first kappa shape index (κ1) is 16.8. The normalized spacial score (nSPS) is 10.6. The van der Waals surface area contributed by atoms with Crippen molar-refractivity contribution >= 4 is 54.8 Å². The zero-order chi connectivity index (χ0) is 16.2. The van der Waals surface area contributed by atoms with Crippen molar-refractivity contribution < 1.29 is 9.47 Å². The second-order valence-corrected chi connectivity index (χ2v) is 8.10. The minimum Gasteiger partial charge on any atom is -0.489 e. The summed E-state index contributed by atoms with van der Waals surface area (Å²) in [6, 6.07) is 14.8. The molecule has 0 unspecified atom stereocenters. The Hall–Kier alpha value is -1.01. The fourth-order valence-electron chi connectivity index (χ4n) is 1.88. The van der Waals surface area contributed by atoms with E-state index in [9.17, 15) is 0 Å². The van der Waals surface area contributed by atoms with Crippen LogP contribution >= 0.6 is 54.8 Å². The number of halogens is 3. The molecule has 118 valence electrons. The molecule has 0 N–H and O–H groups in total. The van der Waals surface area contributed by atoms with Gasteiger partial charge in [-0.3, -0.25) is 0 Å². The lowest BCUT2D eigenvalue weighted by Crippen LogP contribution is -1.94. The lowest BCUT2D eigenvalue weighted by molar-refractivity contribution is 0.305. The van der Waals surface area contributed by atoms with Crippen LogP contribution in [-0.4, -0.2) is 0 Å². The van der Waals surface area contributed by atoms with E-state index >= 15 is 0 Å². The van der Waals surface area contributed by atoms with Gasteiger partial charge >= 0.3 is 0 Å². The average molecular weight is 475 g/mol. The van der Waals surface area contributed by atoms with Crippen LogP contribution in [-0.2, 0) is 6.61 Å². The smallest absolute Gasteiger partial charge is 0.128 e. The Bertz CT molecular complexity index is 803. The summed E-state index contributed by atoms with van der Waals surface area (Å²) in [6.07, 6.45) is 0. The third-order valence-corrected chi connectivity index (χ3v) is 6.72. The van der Waals surface area contributed by atoms with Crippen molar-refractivity contribution in [3.05, 3.63) is 72.8 Å². The molecule has 1 aromatic heterocycles. The molecular weight excluding hydrogens is 464 g/mol. The first-order valence-corrected chi connectivity index (χ1v) is 9.54. The van der Waals surface area contributed by atoms with Crippen molar-refractivity contribution in [3.63, 3.8) is 0 Å². The monoisotopic (exact) mass is 472 g/mol. The molecule has 2 nitrogen and oxygen atoms in total. The number of thiophene rings is 1. The number of hydrogen-bond donors (Lipinski definition) is 0. The molecule has 1 heterocycles. The van der Waals surface area contributed by atoms with Crippen LogP contribution in [0.1, 0.15) is 5.56 Å². The van der Waals surface area contributed by atoms with Gasteiger partial charge in [-0.25, -0.2) is 0 Å². The van der Waals surface area contributed by atoms with E-state index in [1.807, 2.05) is 42.5 Å². The Morgan fingerprint density at radius 1 is 0.957 bits per heavy atom. The number of ether oxygens (including phenoxy) is 2. The van der Waals surface area contributed by atoms with Gasteiger partial charge in [0.2, 0.25) is 0 Å². The molecular formula is C17H11Br2ClO2S. The summed E-state index contributed by atoms with van der Waals surface area (Å²) in [5, 5.41) is 2.71. The maximum atomic E-state index is 5.94. The largest absolute Gasteiger partial charge is 0.489 e. The van der Waals surface area contributed by atoms with Crippen molar-refractivity contribution in [3.8, 4) is 17.2 Å². The molecule has 3 aromatic rings. The van der Waals surface area contributed by atoms with E-state index < -0.39 is 0 Å². The van der Waals surface area contributed by atoms with E-state index in [1.54, 1.807) is 17.4 Å². The van der Waals surface area contributed by atoms with Gasteiger partial charge in [0.15, 0.2) is 0 Å². The molecule has 0 fully saturated rings. The average Bonchev–Trinajstić information content (AvgIpc) is 2.86. The van der Waals surface area contributed by atoms with Crippen LogP contribution in [0.2, 0.25) is 5.02 Å². The van der Waals surface area contributed by atoms with Crippen molar-refractivity contribution in [1.29, 1.82) is 0 Å². The van der Waals surface area contributed by atoms with Crippen molar-refractivity contribution in [2.45, 2.75) is 6.61 Å². The summed E-state index contributed by atoms with van der Waals surface area (Å²) < 4.78 is 13.7. The SMILES string of the molecule is Clc1cccc(Oc2ccc(OCc3csc(Br)c3Br)cc2)c1. The molecule has 0 saturated heterocycles. The lowest BCUT2D eigenvalue weighted by atomic mass is 10.3. The van der Waals surface area contributed by atoms with Crippen LogP contribution < -0.4 is 9.47 Å². The maximum Gasteiger partial charge on any atom is 0.128 e. The molecule has 3 rings (SSSR count). The Labute approximate surface area is 160 Å². The Balaban J connectivity index is 1.62. The van der Waals surface area contributed by atoms with Gasteiger partial charge in [-0.2, -0.15) is 0 Å². The Morgan fingerprint density at radius 2 is 1.70 bits per heavy atom. The zero-order valence-electron chi connectivity index (χ0n) is 11.8. The standard InChI is InChI=1S/C17H11Br2ClO2S/c18-16-11(10-23-17(16)19)9-21-13-4-6-14(7-5-13)22-15-3-1-2-12(20)8-15/h1-8,10H,9H2. The molecule has 0 atom stereocenters. The fraction of sp³-hybridized carbons (Fsp3) is 0.0588. The van der Waals surface area contributed by atoms with Crippen molar-refractivity contribution in [2.75, 3.05) is 0 Å². The van der Waals surface area contributed by atoms with Crippen LogP contribution in [0.4, 0.5) is 0 Å². The Kier molecular flexibility index (Phi) is 5.64. The van der Waals surface area contributed by atoms with Crippen LogP contribution in [0, 0.1) is 0 Å². The number of hydrogen-bond acceptors (Lipinski definition) is 3. The van der Waals surface area contributed by atoms with E-state index in [1.165, 1.54) is 0 Å². The highest BCUT2D eigenvalue weighted by Crippen LogP contribution is 2.34. The summed E-state index contributed by atoms with van der Waals surface area (Å²) in [4.78, 5) is 0. The number of benzene rings is 2. The minimum atomic E-state index is 0.511. The van der Waals surface area contributed by atoms with Gasteiger partial charge in [0.25, 0.3) is 0 Å². The highest BCUT2D eigenvalue weighted by atomic mass is 79.9. The zero-order valence-corrected chi connectivity index (χ0v) is 16.5. The quantitative estimate of drug-likeness (QED) is 0.386. The van der Waals surface area contributed by atoms with E-state index in [2.05, 4.69) is 37.2 Å².